The van der Waals surface area contributed by atoms with Gasteiger partial charge in [-0.2, -0.15) is 8.42 Å². The van der Waals surface area contributed by atoms with Crippen molar-refractivity contribution < 1.29 is 75.7 Å². The molecule has 9 rings (SSSR count). The van der Waals surface area contributed by atoms with Gasteiger partial charge in [0.1, 0.15) is 23.7 Å². The molecular formula is C46H45F4N4O9S+. The molecule has 3 aromatic carbocycles. The van der Waals surface area contributed by atoms with Crippen LogP contribution < -0.4 is 24.8 Å². The van der Waals surface area contributed by atoms with Crippen molar-refractivity contribution in [2.24, 2.45) is 0 Å². The number of fused-ring (bicyclic) bond motifs is 4. The van der Waals surface area contributed by atoms with Gasteiger partial charge in [0.25, 0.3) is 27.8 Å². The van der Waals surface area contributed by atoms with Crippen molar-refractivity contribution in [2.75, 3.05) is 37.3 Å². The highest BCUT2D eigenvalue weighted by molar-refractivity contribution is 7.86. The summed E-state index contributed by atoms with van der Waals surface area (Å²) in [5, 5.41) is -0.979. The number of hydrogen-bond donors (Lipinski definition) is 1. The van der Waals surface area contributed by atoms with Crippen molar-refractivity contribution >= 4 is 56.2 Å². The lowest BCUT2D eigenvalue weighted by molar-refractivity contribution is -0.197. The van der Waals surface area contributed by atoms with Gasteiger partial charge >= 0.3 is 5.97 Å². The molecule has 6 aliphatic heterocycles. The third-order valence-electron chi connectivity index (χ3n) is 12.1. The maximum absolute atomic E-state index is 17.5. The van der Waals surface area contributed by atoms with Gasteiger partial charge in [-0.25, -0.2) is 26.9 Å². The first-order valence-corrected chi connectivity index (χ1v) is 21.4. The number of allylic oxidation sites excluding steroid dienone is 1. The minimum atomic E-state index is -6.15. The van der Waals surface area contributed by atoms with Crippen molar-refractivity contribution in [1.29, 1.82) is 0 Å². The number of ether oxygens (including phenoxy) is 1. The molecule has 0 unspecified atom stereocenters. The summed E-state index contributed by atoms with van der Waals surface area (Å²) >= 11 is 0. The molecule has 0 radical (unpaired) electrons. The Morgan fingerprint density at radius 3 is 2.36 bits per heavy atom. The van der Waals surface area contributed by atoms with Crippen LogP contribution in [0.1, 0.15) is 127 Å². The first-order chi connectivity index (χ1) is 35.1. The Balaban J connectivity index is 1.46. The largest absolute Gasteiger partial charge is 0.455 e. The third-order valence-corrected chi connectivity index (χ3v) is 12.6. The fourth-order valence-electron chi connectivity index (χ4n) is 9.38. The van der Waals surface area contributed by atoms with E-state index in [1.54, 1.807) is 18.7 Å². The summed E-state index contributed by atoms with van der Waals surface area (Å²) in [7, 11) is -5.22. The number of carbonyl (C=O) groups is 4. The van der Waals surface area contributed by atoms with E-state index in [2.05, 4.69) is 0 Å². The van der Waals surface area contributed by atoms with Crippen LogP contribution >= 0.6 is 0 Å². The van der Waals surface area contributed by atoms with E-state index in [-0.39, 0.29) is 77.8 Å². The molecule has 6 heterocycles. The lowest BCUT2D eigenvalue weighted by Crippen LogP contribution is -2.53. The number of hydrogen-bond acceptors (Lipinski definition) is 9. The zero-order chi connectivity index (χ0) is 56.2. The van der Waals surface area contributed by atoms with E-state index in [9.17, 15) is 34.9 Å². The van der Waals surface area contributed by atoms with Crippen LogP contribution in [0, 0.1) is 23.3 Å². The van der Waals surface area contributed by atoms with Gasteiger partial charge in [-0.15, -0.1) is 5.06 Å². The Kier molecular flexibility index (Phi) is 7.20. The highest BCUT2D eigenvalue weighted by atomic mass is 32.2. The highest BCUT2D eigenvalue weighted by Crippen LogP contribution is 2.53. The van der Waals surface area contributed by atoms with Crippen molar-refractivity contribution in [1.82, 2.24) is 14.5 Å². The van der Waals surface area contributed by atoms with Crippen molar-refractivity contribution in [2.45, 2.75) is 90.5 Å². The molecule has 6 aliphatic rings. The molecule has 1 saturated heterocycles. The van der Waals surface area contributed by atoms with Gasteiger partial charge in [-0.1, -0.05) is 6.05 Å². The Morgan fingerprint density at radius 1 is 0.969 bits per heavy atom. The molecule has 64 heavy (non-hydrogen) atoms. The summed E-state index contributed by atoms with van der Waals surface area (Å²) < 4.78 is 217. The minimum Gasteiger partial charge on any atom is -0.455 e. The van der Waals surface area contributed by atoms with E-state index < -0.39 is 170 Å². The maximum atomic E-state index is 17.5. The van der Waals surface area contributed by atoms with Gasteiger partial charge in [-0.3, -0.25) is 18.9 Å². The van der Waals surface area contributed by atoms with Crippen molar-refractivity contribution in [3.63, 3.8) is 0 Å². The van der Waals surface area contributed by atoms with Gasteiger partial charge in [0.2, 0.25) is 5.36 Å². The third kappa shape index (κ3) is 6.73. The molecule has 336 valence electrons. The van der Waals surface area contributed by atoms with Crippen molar-refractivity contribution in [3.8, 4) is 11.5 Å². The monoisotopic (exact) mass is 917 g/mol. The fraction of sp³-hybridized carbons (Fsp3) is 0.413. The number of benzene rings is 3. The van der Waals surface area contributed by atoms with Crippen LogP contribution in [-0.4, -0.2) is 90.1 Å². The molecule has 0 saturated carbocycles. The van der Waals surface area contributed by atoms with Crippen LogP contribution in [0.4, 0.5) is 23.2 Å². The lowest BCUT2D eigenvalue weighted by atomic mass is 9.78. The number of rotatable bonds is 8. The second-order valence-electron chi connectivity index (χ2n) is 16.7. The molecule has 18 heteroatoms. The number of nitrogens with zero attached hydrogens (tertiary/aromatic N) is 4. The molecule has 0 atom stereocenters. The van der Waals surface area contributed by atoms with Crippen LogP contribution in [0.25, 0.3) is 16.7 Å². The quantitative estimate of drug-likeness (QED) is 0.0630. The van der Waals surface area contributed by atoms with Crippen LogP contribution in [0.3, 0.4) is 0 Å². The molecule has 1 N–H and O–H groups in total. The Hall–Kier alpha value is -5.88. The zero-order valence-corrected chi connectivity index (χ0v) is 35.0. The normalized spacial score (nSPS) is 22.7. The summed E-state index contributed by atoms with van der Waals surface area (Å²) in [5.41, 5.74) is -15.6. The number of imide groups is 1. The molecule has 0 spiro atoms. The Morgan fingerprint density at radius 2 is 1.67 bits per heavy atom. The van der Waals surface area contributed by atoms with E-state index in [1.807, 2.05) is 0 Å². The molecular weight excluding hydrogens is 861 g/mol. The van der Waals surface area contributed by atoms with Gasteiger partial charge in [-0.05, 0) is 69.3 Å². The number of anilines is 1. The summed E-state index contributed by atoms with van der Waals surface area (Å²) in [6.45, 7) is -7.27. The number of amides is 3. The Bertz CT molecular complexity index is 3500. The average Bonchev–Trinajstić information content (AvgIpc) is 3.64. The van der Waals surface area contributed by atoms with Gasteiger partial charge in [0.15, 0.2) is 28.8 Å². The average molecular weight is 918 g/mol. The molecule has 0 aromatic heterocycles. The molecule has 1 fully saturated rings. The lowest BCUT2D eigenvalue weighted by Gasteiger charge is -2.47. The number of carbonyl (C=O) groups excluding carboxylic acids is 4. The van der Waals surface area contributed by atoms with Crippen molar-refractivity contribution in [3.05, 3.63) is 97.0 Å². The zero-order valence-electron chi connectivity index (χ0n) is 46.2. The molecule has 0 bridgehead atoms. The molecule has 3 amide bonds. The standard InChI is InChI=1S/C46H44F4N4O9S/c1-22-19-45(2,3)52-14-7-9-24-40(52)26(22)17-28-33(29-18-27-23(21-64(59,60)61)20-46(4,5)53-15-8-10-25(41(27)53)43(29)62-42(24)28)34-35(37(48)39(50)38(49)36(34)47)44(58)51(6)16-13-32(57)63-54-30(55)11-12-31(54)56/h17-20H,7-16,21H2,1-6H3/p+1/i1D2,4D3,5D3,19D,20D,21D2. The second kappa shape index (κ2) is 14.8. The van der Waals surface area contributed by atoms with E-state index in [0.29, 0.717) is 17.0 Å². The highest BCUT2D eigenvalue weighted by Gasteiger charge is 2.45. The Labute approximate surface area is 382 Å². The van der Waals surface area contributed by atoms with E-state index in [4.69, 9.17) is 23.3 Å². The minimum absolute atomic E-state index is 0.0263. The van der Waals surface area contributed by atoms with E-state index in [0.717, 1.165) is 17.7 Å². The van der Waals surface area contributed by atoms with Crippen LogP contribution in [-0.2, 0) is 42.2 Å². The second-order valence-corrected chi connectivity index (χ2v) is 17.8. The van der Waals surface area contributed by atoms with Crippen LogP contribution in [0.15, 0.2) is 24.2 Å². The van der Waals surface area contributed by atoms with E-state index >= 15 is 17.6 Å². The van der Waals surface area contributed by atoms with Gasteiger partial charge in [0.05, 0.1) is 39.8 Å². The first kappa shape index (κ1) is 31.1. The summed E-state index contributed by atoms with van der Waals surface area (Å²) in [5.74, 6) is -15.0. The summed E-state index contributed by atoms with van der Waals surface area (Å²) in [4.78, 5) is 59.0. The predicted octanol–water partition coefficient (Wildman–Crippen LogP) is 5.11. The van der Waals surface area contributed by atoms with Gasteiger partial charge in [0, 0.05) is 97.1 Å². The number of halogens is 4. The topological polar surface area (TPSA) is 154 Å². The fourth-order valence-corrected chi connectivity index (χ4v) is 9.80. The smallest absolute Gasteiger partial charge is 0.334 e. The molecule has 0 aliphatic carbocycles. The summed E-state index contributed by atoms with van der Waals surface area (Å²) in [6.07, 6.45) is -1.51. The van der Waals surface area contributed by atoms with Gasteiger partial charge < -0.3 is 19.4 Å². The predicted molar refractivity (Wildman–Crippen MR) is 225 cm³/mol. The summed E-state index contributed by atoms with van der Waals surface area (Å²) in [6, 6.07) is 0.0311. The SMILES string of the molecule is [2H]C1=C(C([2H])[2H])c2cc3c(c4c2N(CCC4)C1(C)C)Oc1c2c4c(cc1=C3c1c(F)c(F)c(F)c(F)c1C(=O)N(C)CCC(=O)ON1C(=O)CCC1=O)C(C([2H])([2H])S(=O)(=O)O)=C([2H])C(C([2H])([2H])[2H])(C([2H])([2H])[2H])[N+]=4CCC2. The molecule has 13 nitrogen and oxygen atoms in total. The number of hydroxylamine groups is 2. The maximum Gasteiger partial charge on any atom is 0.334 e. The first-order valence-electron chi connectivity index (χ1n) is 26.2. The molecule has 3 aromatic rings. The van der Waals surface area contributed by atoms with Crippen LogP contribution in [0.5, 0.6) is 11.5 Å². The van der Waals surface area contributed by atoms with Crippen LogP contribution in [0.2, 0.25) is 0 Å². The van der Waals surface area contributed by atoms with E-state index in [1.165, 1.54) is 6.07 Å².